The summed E-state index contributed by atoms with van der Waals surface area (Å²) in [5, 5.41) is 10.6. The Balaban J connectivity index is 2.00. The second-order valence-corrected chi connectivity index (χ2v) is 5.84. The molecule has 100 valence electrons. The van der Waals surface area contributed by atoms with Gasteiger partial charge in [-0.1, -0.05) is 50.1 Å². The van der Waals surface area contributed by atoms with Crippen LogP contribution in [0.3, 0.4) is 0 Å². The molecule has 2 unspecified atom stereocenters. The van der Waals surface area contributed by atoms with Gasteiger partial charge in [0, 0.05) is 12.0 Å². The van der Waals surface area contributed by atoms with Crippen LogP contribution in [0.4, 0.5) is 0 Å². The number of rotatable bonds is 5. The molecule has 1 saturated carbocycles. The normalized spacial score (nSPS) is 21.7. The zero-order valence-corrected chi connectivity index (χ0v) is 11.3. The lowest BCUT2D eigenvalue weighted by Gasteiger charge is -2.34. The predicted molar refractivity (Wildman–Crippen MR) is 75.4 cm³/mol. The minimum Gasteiger partial charge on any atom is -0.392 e. The molecule has 1 aromatic carbocycles. The first-order chi connectivity index (χ1) is 8.68. The predicted octanol–water partition coefficient (Wildman–Crippen LogP) is 3.06. The van der Waals surface area contributed by atoms with Crippen molar-refractivity contribution in [2.24, 2.45) is 11.1 Å². The molecule has 0 saturated heterocycles. The van der Waals surface area contributed by atoms with Crippen molar-refractivity contribution < 1.29 is 5.11 Å². The fraction of sp³-hybridized carbons (Fsp3) is 0.625. The van der Waals surface area contributed by atoms with Crippen LogP contribution < -0.4 is 5.73 Å². The molecule has 1 aromatic rings. The maximum absolute atomic E-state index is 10.6. The van der Waals surface area contributed by atoms with Gasteiger partial charge in [-0.15, -0.1) is 0 Å². The van der Waals surface area contributed by atoms with Crippen LogP contribution in [0.1, 0.15) is 50.5 Å². The van der Waals surface area contributed by atoms with Gasteiger partial charge in [0.25, 0.3) is 0 Å². The SMILES string of the molecule is CC(CC(O)C1(CN)CCCC1)c1ccccc1. The first-order valence-corrected chi connectivity index (χ1v) is 7.11. The maximum Gasteiger partial charge on any atom is 0.0614 e. The molecule has 2 atom stereocenters. The Kier molecular flexibility index (Phi) is 4.41. The topological polar surface area (TPSA) is 46.2 Å². The molecule has 2 heteroatoms. The molecule has 0 aromatic heterocycles. The van der Waals surface area contributed by atoms with Crippen molar-refractivity contribution in [3.8, 4) is 0 Å². The molecular weight excluding hydrogens is 222 g/mol. The molecule has 1 fully saturated rings. The minimum atomic E-state index is -0.264. The summed E-state index contributed by atoms with van der Waals surface area (Å²) in [5.41, 5.74) is 7.22. The fourth-order valence-electron chi connectivity index (χ4n) is 3.26. The van der Waals surface area contributed by atoms with Gasteiger partial charge in [-0.05, 0) is 30.7 Å². The lowest BCUT2D eigenvalue weighted by atomic mass is 9.76. The number of aliphatic hydroxyl groups excluding tert-OH is 1. The van der Waals surface area contributed by atoms with E-state index in [2.05, 4.69) is 31.2 Å². The molecule has 3 N–H and O–H groups in total. The van der Waals surface area contributed by atoms with Crippen molar-refractivity contribution in [2.45, 2.75) is 51.0 Å². The summed E-state index contributed by atoms with van der Waals surface area (Å²) in [5.74, 6) is 0.394. The number of benzene rings is 1. The van der Waals surface area contributed by atoms with Crippen LogP contribution in [0, 0.1) is 5.41 Å². The van der Waals surface area contributed by atoms with Crippen LogP contribution in [-0.4, -0.2) is 17.8 Å². The standard InChI is InChI=1S/C16H25NO/c1-13(14-7-3-2-4-8-14)11-15(18)16(12-17)9-5-6-10-16/h2-4,7-8,13,15,18H,5-6,9-12,17H2,1H3. The summed E-state index contributed by atoms with van der Waals surface area (Å²) >= 11 is 0. The Morgan fingerprint density at radius 1 is 1.22 bits per heavy atom. The number of hydrogen-bond donors (Lipinski definition) is 2. The van der Waals surface area contributed by atoms with Gasteiger partial charge in [0.1, 0.15) is 0 Å². The van der Waals surface area contributed by atoms with E-state index in [9.17, 15) is 5.11 Å². The number of nitrogens with two attached hydrogens (primary N) is 1. The van der Waals surface area contributed by atoms with Crippen LogP contribution in [-0.2, 0) is 0 Å². The molecule has 0 spiro atoms. The molecule has 0 bridgehead atoms. The molecule has 2 nitrogen and oxygen atoms in total. The van der Waals surface area contributed by atoms with E-state index in [0.717, 1.165) is 19.3 Å². The van der Waals surface area contributed by atoms with Crippen LogP contribution in [0.15, 0.2) is 30.3 Å². The molecule has 1 aliphatic rings. The highest BCUT2D eigenvalue weighted by Gasteiger charge is 2.39. The minimum absolute atomic E-state index is 0.0109. The van der Waals surface area contributed by atoms with Crippen LogP contribution >= 0.6 is 0 Å². The van der Waals surface area contributed by atoms with E-state index in [1.807, 2.05) is 6.07 Å². The van der Waals surface area contributed by atoms with E-state index in [-0.39, 0.29) is 11.5 Å². The average molecular weight is 247 g/mol. The third-order valence-corrected chi connectivity index (χ3v) is 4.66. The summed E-state index contributed by atoms with van der Waals surface area (Å²) in [6, 6.07) is 10.4. The first-order valence-electron chi connectivity index (χ1n) is 7.11. The third-order valence-electron chi connectivity index (χ3n) is 4.66. The van der Waals surface area contributed by atoms with E-state index < -0.39 is 0 Å². The zero-order chi connectivity index (χ0) is 13.0. The highest BCUT2D eigenvalue weighted by atomic mass is 16.3. The molecule has 18 heavy (non-hydrogen) atoms. The van der Waals surface area contributed by atoms with Crippen LogP contribution in [0.25, 0.3) is 0 Å². The van der Waals surface area contributed by atoms with Gasteiger partial charge in [-0.25, -0.2) is 0 Å². The largest absolute Gasteiger partial charge is 0.392 e. The monoisotopic (exact) mass is 247 g/mol. The summed E-state index contributed by atoms with van der Waals surface area (Å²) < 4.78 is 0. The van der Waals surface area contributed by atoms with Gasteiger partial charge in [0.2, 0.25) is 0 Å². The lowest BCUT2D eigenvalue weighted by Crippen LogP contribution is -2.40. The number of hydrogen-bond acceptors (Lipinski definition) is 2. The summed E-state index contributed by atoms with van der Waals surface area (Å²) in [6.07, 6.45) is 5.17. The number of aliphatic hydroxyl groups is 1. The Bertz CT molecular complexity index is 357. The van der Waals surface area contributed by atoms with Gasteiger partial charge >= 0.3 is 0 Å². The van der Waals surface area contributed by atoms with E-state index >= 15 is 0 Å². The Labute approximate surface area is 110 Å². The highest BCUT2D eigenvalue weighted by Crippen LogP contribution is 2.42. The quantitative estimate of drug-likeness (QED) is 0.840. The summed E-state index contributed by atoms with van der Waals surface area (Å²) in [4.78, 5) is 0. The van der Waals surface area contributed by atoms with Crippen molar-refractivity contribution in [1.29, 1.82) is 0 Å². The van der Waals surface area contributed by atoms with Gasteiger partial charge in [-0.2, -0.15) is 0 Å². The fourth-order valence-corrected chi connectivity index (χ4v) is 3.26. The second kappa shape index (κ2) is 5.85. The van der Waals surface area contributed by atoms with Gasteiger partial charge < -0.3 is 10.8 Å². The first kappa shape index (κ1) is 13.6. The Hall–Kier alpha value is -0.860. The average Bonchev–Trinajstić information content (AvgIpc) is 2.89. The molecular formula is C16H25NO. The van der Waals surface area contributed by atoms with Crippen LogP contribution in [0.2, 0.25) is 0 Å². The Morgan fingerprint density at radius 2 is 1.83 bits per heavy atom. The van der Waals surface area contributed by atoms with E-state index in [4.69, 9.17) is 5.73 Å². The van der Waals surface area contributed by atoms with Crippen LogP contribution in [0.5, 0.6) is 0 Å². The van der Waals surface area contributed by atoms with Gasteiger partial charge in [0.15, 0.2) is 0 Å². The van der Waals surface area contributed by atoms with Gasteiger partial charge in [-0.3, -0.25) is 0 Å². The molecule has 0 aliphatic heterocycles. The molecule has 0 radical (unpaired) electrons. The van der Waals surface area contributed by atoms with Crippen molar-refractivity contribution in [3.05, 3.63) is 35.9 Å². The van der Waals surface area contributed by atoms with E-state index in [1.165, 1.54) is 18.4 Å². The maximum atomic E-state index is 10.6. The van der Waals surface area contributed by atoms with Gasteiger partial charge in [0.05, 0.1) is 6.10 Å². The highest BCUT2D eigenvalue weighted by molar-refractivity contribution is 5.19. The molecule has 1 aliphatic carbocycles. The third kappa shape index (κ3) is 2.76. The van der Waals surface area contributed by atoms with Crippen molar-refractivity contribution in [1.82, 2.24) is 0 Å². The molecule has 0 amide bonds. The Morgan fingerprint density at radius 3 is 2.39 bits per heavy atom. The second-order valence-electron chi connectivity index (χ2n) is 5.84. The smallest absolute Gasteiger partial charge is 0.0614 e. The summed E-state index contributed by atoms with van der Waals surface area (Å²) in [7, 11) is 0. The van der Waals surface area contributed by atoms with Crippen molar-refractivity contribution >= 4 is 0 Å². The van der Waals surface area contributed by atoms with E-state index in [1.54, 1.807) is 0 Å². The zero-order valence-electron chi connectivity index (χ0n) is 11.3. The van der Waals surface area contributed by atoms with Crippen molar-refractivity contribution in [3.63, 3.8) is 0 Å². The molecule has 0 heterocycles. The molecule has 2 rings (SSSR count). The summed E-state index contributed by atoms with van der Waals surface area (Å²) in [6.45, 7) is 2.81. The van der Waals surface area contributed by atoms with E-state index in [0.29, 0.717) is 12.5 Å². The van der Waals surface area contributed by atoms with Crippen molar-refractivity contribution in [2.75, 3.05) is 6.54 Å². The lowest BCUT2D eigenvalue weighted by molar-refractivity contribution is 0.0237.